The van der Waals surface area contributed by atoms with Gasteiger partial charge in [-0.25, -0.2) is 8.78 Å². The minimum atomic E-state index is -2.93. The van der Waals surface area contributed by atoms with E-state index in [1.54, 1.807) is 77.0 Å². The lowest BCUT2D eigenvalue weighted by Crippen LogP contribution is -2.40. The van der Waals surface area contributed by atoms with Gasteiger partial charge in [-0.1, -0.05) is 13.8 Å². The maximum Gasteiger partial charge on any atom is 0.283 e. The van der Waals surface area contributed by atoms with Crippen LogP contribution in [0.3, 0.4) is 0 Å². The summed E-state index contributed by atoms with van der Waals surface area (Å²) in [5, 5.41) is 0. The van der Waals surface area contributed by atoms with Crippen LogP contribution in [0.25, 0.3) is 28.9 Å². The van der Waals surface area contributed by atoms with Crippen molar-refractivity contribution in [2.24, 2.45) is 0 Å². The topological polar surface area (TPSA) is 9.23 Å². The smallest absolute Gasteiger partial charge is 0.283 e. The van der Waals surface area contributed by atoms with E-state index in [1.165, 1.54) is 9.09 Å². The Kier molecular flexibility index (Phi) is 4.67. The van der Waals surface area contributed by atoms with E-state index in [2.05, 4.69) is 40.0 Å². The minimum Gasteiger partial charge on any atom is -0.481 e. The van der Waals surface area contributed by atoms with Gasteiger partial charge in [-0.2, -0.15) is 0 Å². The Labute approximate surface area is 212 Å². The summed E-state index contributed by atoms with van der Waals surface area (Å²) in [5.41, 5.74) is 0.376. The highest BCUT2D eigenvalue weighted by molar-refractivity contribution is 8.00. The molecule has 33 heavy (non-hydrogen) atoms. The summed E-state index contributed by atoms with van der Waals surface area (Å²) in [5.74, 6) is -1.78. The summed E-state index contributed by atoms with van der Waals surface area (Å²) in [4.78, 5) is 5.14. The van der Waals surface area contributed by atoms with Crippen molar-refractivity contribution in [2.75, 3.05) is 6.26 Å². The van der Waals surface area contributed by atoms with E-state index < -0.39 is 16.9 Å². The van der Waals surface area contributed by atoms with Crippen LogP contribution in [0.1, 0.15) is 69.0 Å². The van der Waals surface area contributed by atoms with Crippen LogP contribution in [0.4, 0.5) is 8.78 Å². The lowest BCUT2D eigenvalue weighted by Gasteiger charge is -2.38. The Morgan fingerprint density at radius 3 is 2.12 bits per heavy atom. The Bertz CT molecular complexity index is 1440. The maximum absolute atomic E-state index is 16.1. The molecule has 0 aromatic carbocycles. The Morgan fingerprint density at radius 1 is 0.848 bits per heavy atom. The van der Waals surface area contributed by atoms with Crippen molar-refractivity contribution in [3.05, 3.63) is 33.7 Å². The number of thioether (sulfide) groups is 1. The van der Waals surface area contributed by atoms with E-state index in [4.69, 9.17) is 4.74 Å². The van der Waals surface area contributed by atoms with Crippen molar-refractivity contribution in [1.29, 1.82) is 0 Å². The summed E-state index contributed by atoms with van der Waals surface area (Å²) in [6, 6.07) is 3.87. The van der Waals surface area contributed by atoms with Gasteiger partial charge in [0.25, 0.3) is 5.92 Å². The van der Waals surface area contributed by atoms with Crippen LogP contribution in [0, 0.1) is 0 Å². The molecular formula is C25H24F2OS5. The molecule has 1 aliphatic carbocycles. The van der Waals surface area contributed by atoms with E-state index in [0.29, 0.717) is 0 Å². The number of rotatable bonds is 2. The second-order valence-corrected chi connectivity index (χ2v) is 15.4. The SMILES string of the molecule is CSc1cc2c(s1)-c1sc3c4c(sc3c1C(C)(C)O2)-c1sc(C(C)C)cc1C(F)(F)C4(C)C. The third-order valence-corrected chi connectivity index (χ3v) is 13.3. The summed E-state index contributed by atoms with van der Waals surface area (Å²) < 4.78 is 41.9. The molecule has 0 saturated carbocycles. The predicted octanol–water partition coefficient (Wildman–Crippen LogP) is 10.3. The second kappa shape index (κ2) is 6.84. The first-order chi connectivity index (χ1) is 15.4. The van der Waals surface area contributed by atoms with E-state index in [9.17, 15) is 0 Å². The van der Waals surface area contributed by atoms with Gasteiger partial charge in [0.05, 0.1) is 38.5 Å². The van der Waals surface area contributed by atoms with Crippen molar-refractivity contribution in [3.63, 3.8) is 0 Å². The number of hydrogen-bond acceptors (Lipinski definition) is 6. The second-order valence-electron chi connectivity index (χ2n) is 10.1. The first-order valence-electron chi connectivity index (χ1n) is 10.9. The fourth-order valence-corrected chi connectivity index (χ4v) is 11.6. The molecule has 0 bridgehead atoms. The van der Waals surface area contributed by atoms with Gasteiger partial charge in [-0.05, 0) is 45.9 Å². The number of halogens is 2. The van der Waals surface area contributed by atoms with Crippen LogP contribution in [-0.2, 0) is 16.9 Å². The fourth-order valence-electron chi connectivity index (χ4n) is 4.97. The molecule has 0 N–H and O–H groups in total. The lowest BCUT2D eigenvalue weighted by molar-refractivity contribution is -0.0727. The highest BCUT2D eigenvalue weighted by Crippen LogP contribution is 2.66. The van der Waals surface area contributed by atoms with E-state index in [-0.39, 0.29) is 11.5 Å². The normalized spacial score (nSPS) is 19.2. The number of ether oxygens (including phenoxy) is 1. The Balaban J connectivity index is 1.70. The number of fused-ring (bicyclic) bond motifs is 9. The minimum absolute atomic E-state index is 0.206. The lowest BCUT2D eigenvalue weighted by atomic mass is 9.72. The third-order valence-electron chi connectivity index (χ3n) is 6.85. The Morgan fingerprint density at radius 2 is 1.48 bits per heavy atom. The Hall–Kier alpha value is -0.930. The van der Waals surface area contributed by atoms with Gasteiger partial charge in [0.1, 0.15) is 11.4 Å². The van der Waals surface area contributed by atoms with Gasteiger partial charge in [-0.3, -0.25) is 0 Å². The molecular weight excluding hydrogens is 515 g/mol. The van der Waals surface area contributed by atoms with Crippen molar-refractivity contribution in [3.8, 4) is 25.3 Å². The molecule has 6 rings (SSSR count). The molecule has 0 unspecified atom stereocenters. The first kappa shape index (κ1) is 22.5. The van der Waals surface area contributed by atoms with Crippen molar-refractivity contribution >= 4 is 66.5 Å². The molecule has 4 aromatic heterocycles. The zero-order valence-electron chi connectivity index (χ0n) is 19.4. The molecule has 0 atom stereocenters. The number of alkyl halides is 2. The molecule has 0 saturated heterocycles. The summed E-state index contributed by atoms with van der Waals surface area (Å²) in [6.45, 7) is 11.8. The molecule has 0 amide bonds. The van der Waals surface area contributed by atoms with Crippen molar-refractivity contribution in [2.45, 2.75) is 68.6 Å². The molecule has 8 heteroatoms. The maximum atomic E-state index is 16.1. The van der Waals surface area contributed by atoms with Crippen molar-refractivity contribution < 1.29 is 13.5 Å². The molecule has 4 aromatic rings. The number of hydrogen-bond donors (Lipinski definition) is 0. The third kappa shape index (κ3) is 2.79. The van der Waals surface area contributed by atoms with E-state index >= 15 is 8.78 Å². The number of thiophene rings is 4. The monoisotopic (exact) mass is 538 g/mol. The average Bonchev–Trinajstić information content (AvgIpc) is 3.45. The molecule has 5 heterocycles. The average molecular weight is 539 g/mol. The zero-order chi connectivity index (χ0) is 23.7. The van der Waals surface area contributed by atoms with Crippen LogP contribution in [-0.4, -0.2) is 6.26 Å². The van der Waals surface area contributed by atoms with Gasteiger partial charge in [0.2, 0.25) is 0 Å². The van der Waals surface area contributed by atoms with Crippen molar-refractivity contribution in [1.82, 2.24) is 0 Å². The molecule has 1 aliphatic heterocycles. The zero-order valence-corrected chi connectivity index (χ0v) is 23.5. The molecule has 2 aliphatic rings. The van der Waals surface area contributed by atoms with Gasteiger partial charge in [0.15, 0.2) is 0 Å². The van der Waals surface area contributed by atoms with Crippen LogP contribution in [0.15, 0.2) is 16.3 Å². The highest BCUT2D eigenvalue weighted by atomic mass is 32.2. The standard InChI is InChI=1S/C25H24F2OS5/c1-10(2)13-8-11-17(30-13)19-15(23(3,4)25(11,26)27)20-22(32-19)16-21(33-20)18-12(28-24(16,5)6)9-14(29-7)31-18/h8-10H,1-7H3. The van der Waals surface area contributed by atoms with E-state index in [1.807, 2.05) is 0 Å². The van der Waals surface area contributed by atoms with Gasteiger partial charge in [-0.15, -0.1) is 57.1 Å². The van der Waals surface area contributed by atoms with Crippen LogP contribution >= 0.6 is 57.1 Å². The van der Waals surface area contributed by atoms with Gasteiger partial charge < -0.3 is 4.74 Å². The molecule has 174 valence electrons. The summed E-state index contributed by atoms with van der Waals surface area (Å²) in [7, 11) is 0. The van der Waals surface area contributed by atoms with Crippen LogP contribution < -0.4 is 4.74 Å². The van der Waals surface area contributed by atoms with E-state index in [0.717, 1.165) is 45.8 Å². The van der Waals surface area contributed by atoms with Crippen LogP contribution in [0.5, 0.6) is 5.75 Å². The summed E-state index contributed by atoms with van der Waals surface area (Å²) in [6.07, 6.45) is 2.07. The summed E-state index contributed by atoms with van der Waals surface area (Å²) >= 11 is 8.36. The molecule has 0 spiro atoms. The molecule has 0 fully saturated rings. The van der Waals surface area contributed by atoms with Gasteiger partial charge >= 0.3 is 0 Å². The fraction of sp³-hybridized carbons (Fsp3) is 0.440. The first-order valence-corrected chi connectivity index (χ1v) is 15.4. The molecule has 1 nitrogen and oxygen atoms in total. The largest absolute Gasteiger partial charge is 0.481 e. The quantitative estimate of drug-likeness (QED) is 0.235. The molecule has 0 radical (unpaired) electrons. The highest BCUT2D eigenvalue weighted by Gasteiger charge is 2.57. The van der Waals surface area contributed by atoms with Crippen LogP contribution in [0.2, 0.25) is 0 Å². The predicted molar refractivity (Wildman–Crippen MR) is 143 cm³/mol. The van der Waals surface area contributed by atoms with Gasteiger partial charge in [0, 0.05) is 27.6 Å².